The Morgan fingerprint density at radius 1 is 1.07 bits per heavy atom. The molecule has 1 atom stereocenters. The van der Waals surface area contributed by atoms with Crippen LogP contribution >= 0.6 is 11.3 Å². The summed E-state index contributed by atoms with van der Waals surface area (Å²) in [6.07, 6.45) is 2.06. The van der Waals surface area contributed by atoms with Crippen molar-refractivity contribution in [1.82, 2.24) is 0 Å². The molecular formula is C24H23NO4S. The van der Waals surface area contributed by atoms with E-state index in [1.807, 2.05) is 43.3 Å². The molecule has 0 radical (unpaired) electrons. The third kappa shape index (κ3) is 4.24. The van der Waals surface area contributed by atoms with Gasteiger partial charge in [-0.3, -0.25) is 4.79 Å². The first kappa shape index (κ1) is 20.2. The summed E-state index contributed by atoms with van der Waals surface area (Å²) >= 11 is 1.46. The van der Waals surface area contributed by atoms with Crippen molar-refractivity contribution in [3.05, 3.63) is 81.0 Å². The second-order valence-electron chi connectivity index (χ2n) is 7.30. The van der Waals surface area contributed by atoms with Gasteiger partial charge in [-0.2, -0.15) is 0 Å². The molecule has 5 nitrogen and oxygen atoms in total. The Labute approximate surface area is 179 Å². The number of ether oxygens (including phenoxy) is 2. The van der Waals surface area contributed by atoms with Crippen LogP contribution in [-0.4, -0.2) is 19.0 Å². The highest BCUT2D eigenvalue weighted by Gasteiger charge is 2.28. The van der Waals surface area contributed by atoms with Crippen molar-refractivity contribution in [2.24, 2.45) is 0 Å². The molecule has 0 spiro atoms. The lowest BCUT2D eigenvalue weighted by Crippen LogP contribution is -2.26. The van der Waals surface area contributed by atoms with Gasteiger partial charge in [0, 0.05) is 10.4 Å². The summed E-state index contributed by atoms with van der Waals surface area (Å²) in [5.41, 5.74) is 3.35. The average Bonchev–Trinajstić information content (AvgIpc) is 3.35. The number of aryl methyl sites for hydroxylation is 3. The molecule has 0 saturated carbocycles. The number of carbonyl (C=O) groups is 2. The quantitative estimate of drug-likeness (QED) is 0.563. The van der Waals surface area contributed by atoms with Crippen molar-refractivity contribution in [2.45, 2.75) is 32.3 Å². The van der Waals surface area contributed by atoms with Crippen molar-refractivity contribution in [2.75, 3.05) is 12.4 Å². The maximum Gasteiger partial charge on any atom is 0.349 e. The van der Waals surface area contributed by atoms with Crippen LogP contribution in [0.1, 0.15) is 43.8 Å². The molecule has 0 unspecified atom stereocenters. The van der Waals surface area contributed by atoms with Crippen LogP contribution < -0.4 is 10.1 Å². The summed E-state index contributed by atoms with van der Waals surface area (Å²) in [5.74, 6) is -0.362. The number of thiophene rings is 1. The molecule has 1 aromatic heterocycles. The van der Waals surface area contributed by atoms with Crippen molar-refractivity contribution in [3.63, 3.8) is 0 Å². The number of fused-ring (bicyclic) bond motifs is 1. The number of benzene rings is 2. The summed E-state index contributed by atoms with van der Waals surface area (Å²) < 4.78 is 11.1. The molecule has 2 aromatic carbocycles. The van der Waals surface area contributed by atoms with Gasteiger partial charge in [-0.25, -0.2) is 4.79 Å². The van der Waals surface area contributed by atoms with Crippen LogP contribution in [0, 0.1) is 6.92 Å². The molecule has 1 heterocycles. The fourth-order valence-corrected chi connectivity index (χ4v) is 4.75. The molecule has 154 valence electrons. The monoisotopic (exact) mass is 421 g/mol. The van der Waals surface area contributed by atoms with Gasteiger partial charge in [-0.1, -0.05) is 36.4 Å². The van der Waals surface area contributed by atoms with E-state index in [2.05, 4.69) is 5.32 Å². The van der Waals surface area contributed by atoms with E-state index in [0.29, 0.717) is 21.9 Å². The largest absolute Gasteiger partial charge is 0.495 e. The number of nitrogens with one attached hydrogen (secondary N) is 1. The predicted octanol–water partition coefficient (Wildman–Crippen LogP) is 5.09. The first-order valence-electron chi connectivity index (χ1n) is 9.88. The van der Waals surface area contributed by atoms with Crippen molar-refractivity contribution >= 4 is 28.9 Å². The number of carbonyl (C=O) groups excluding carboxylic acids is 2. The molecule has 0 fully saturated rings. The molecule has 30 heavy (non-hydrogen) atoms. The van der Waals surface area contributed by atoms with Crippen molar-refractivity contribution in [1.29, 1.82) is 0 Å². The zero-order chi connectivity index (χ0) is 21.1. The van der Waals surface area contributed by atoms with Crippen LogP contribution in [0.2, 0.25) is 0 Å². The van der Waals surface area contributed by atoms with E-state index >= 15 is 0 Å². The first-order valence-corrected chi connectivity index (χ1v) is 10.7. The standard InChI is InChI=1S/C24H23NO4S/c1-15-11-12-19(28-2)18(13-15)25-23(26)22(16-7-4-3-5-8-16)29-24(27)21-14-17-9-6-10-20(17)30-21/h3-5,7-8,11-14,22H,6,9-10H2,1-2H3,(H,25,26)/t22-/m0/s1. The molecule has 1 aliphatic rings. The summed E-state index contributed by atoms with van der Waals surface area (Å²) in [4.78, 5) is 27.8. The van der Waals surface area contributed by atoms with Gasteiger partial charge in [0.15, 0.2) is 0 Å². The zero-order valence-electron chi connectivity index (χ0n) is 16.9. The Kier molecular flexibility index (Phi) is 5.86. The molecule has 0 aliphatic heterocycles. The Morgan fingerprint density at radius 2 is 1.87 bits per heavy atom. The number of hydrogen-bond acceptors (Lipinski definition) is 5. The lowest BCUT2D eigenvalue weighted by atomic mass is 10.1. The minimum Gasteiger partial charge on any atom is -0.495 e. The third-order valence-electron chi connectivity index (χ3n) is 5.13. The lowest BCUT2D eigenvalue weighted by molar-refractivity contribution is -0.125. The van der Waals surface area contributed by atoms with Crippen LogP contribution in [0.3, 0.4) is 0 Å². The highest BCUT2D eigenvalue weighted by atomic mass is 32.1. The molecular weight excluding hydrogens is 398 g/mol. The van der Waals surface area contributed by atoms with Crippen LogP contribution in [0.25, 0.3) is 0 Å². The van der Waals surface area contributed by atoms with E-state index in [1.54, 1.807) is 25.3 Å². The van der Waals surface area contributed by atoms with Crippen LogP contribution in [0.5, 0.6) is 5.75 Å². The van der Waals surface area contributed by atoms with E-state index in [-0.39, 0.29) is 0 Å². The maximum absolute atomic E-state index is 13.2. The fraction of sp³-hybridized carbons (Fsp3) is 0.250. The van der Waals surface area contributed by atoms with E-state index in [4.69, 9.17) is 9.47 Å². The fourth-order valence-electron chi connectivity index (χ4n) is 3.61. The topological polar surface area (TPSA) is 64.6 Å². The molecule has 4 rings (SSSR count). The Hall–Kier alpha value is -3.12. The number of anilines is 1. The van der Waals surface area contributed by atoms with Gasteiger partial charge in [-0.15, -0.1) is 11.3 Å². The molecule has 0 saturated heterocycles. The number of rotatable bonds is 6. The van der Waals surface area contributed by atoms with Gasteiger partial charge in [0.05, 0.1) is 12.8 Å². The van der Waals surface area contributed by atoms with Crippen LogP contribution in [-0.2, 0) is 22.4 Å². The number of amides is 1. The Balaban J connectivity index is 1.59. The summed E-state index contributed by atoms with van der Waals surface area (Å²) in [7, 11) is 1.55. The SMILES string of the molecule is COc1ccc(C)cc1NC(=O)[C@@H](OC(=O)c1cc2c(s1)CCC2)c1ccccc1. The van der Waals surface area contributed by atoms with Gasteiger partial charge in [0.25, 0.3) is 5.91 Å². The first-order chi connectivity index (χ1) is 14.5. The minimum absolute atomic E-state index is 0.428. The summed E-state index contributed by atoms with van der Waals surface area (Å²) in [5, 5.41) is 2.86. The molecule has 3 aromatic rings. The van der Waals surface area contributed by atoms with Gasteiger partial charge in [0.1, 0.15) is 10.6 Å². The highest BCUT2D eigenvalue weighted by Crippen LogP contribution is 2.33. The van der Waals surface area contributed by atoms with Gasteiger partial charge in [0.2, 0.25) is 6.10 Å². The Bertz CT molecular complexity index is 1050. The van der Waals surface area contributed by atoms with Crippen LogP contribution in [0.15, 0.2) is 54.6 Å². The highest BCUT2D eigenvalue weighted by molar-refractivity contribution is 7.14. The minimum atomic E-state index is -1.07. The van der Waals surface area contributed by atoms with Crippen LogP contribution in [0.4, 0.5) is 5.69 Å². The summed E-state index contributed by atoms with van der Waals surface area (Å²) in [6, 6.07) is 16.5. The van der Waals surface area contributed by atoms with Crippen molar-refractivity contribution in [3.8, 4) is 5.75 Å². The number of hydrogen-bond donors (Lipinski definition) is 1. The molecule has 1 N–H and O–H groups in total. The normalized spacial score (nSPS) is 13.4. The molecule has 1 aliphatic carbocycles. The van der Waals surface area contributed by atoms with E-state index in [1.165, 1.54) is 21.8 Å². The smallest absolute Gasteiger partial charge is 0.349 e. The molecule has 6 heteroatoms. The molecule has 1 amide bonds. The average molecular weight is 422 g/mol. The second kappa shape index (κ2) is 8.71. The Morgan fingerprint density at radius 3 is 2.60 bits per heavy atom. The second-order valence-corrected chi connectivity index (χ2v) is 8.44. The molecule has 0 bridgehead atoms. The lowest BCUT2D eigenvalue weighted by Gasteiger charge is -2.19. The van der Waals surface area contributed by atoms with Crippen molar-refractivity contribution < 1.29 is 19.1 Å². The summed E-state index contributed by atoms with van der Waals surface area (Å²) in [6.45, 7) is 1.93. The zero-order valence-corrected chi connectivity index (χ0v) is 17.8. The van der Waals surface area contributed by atoms with Gasteiger partial charge in [-0.05, 0) is 55.5 Å². The maximum atomic E-state index is 13.2. The number of esters is 1. The van der Waals surface area contributed by atoms with E-state index in [0.717, 1.165) is 24.8 Å². The predicted molar refractivity (Wildman–Crippen MR) is 117 cm³/mol. The van der Waals surface area contributed by atoms with Gasteiger partial charge < -0.3 is 14.8 Å². The van der Waals surface area contributed by atoms with E-state index < -0.39 is 18.0 Å². The number of methoxy groups -OCH3 is 1. The third-order valence-corrected chi connectivity index (χ3v) is 6.34. The van der Waals surface area contributed by atoms with E-state index in [9.17, 15) is 9.59 Å². The van der Waals surface area contributed by atoms with Gasteiger partial charge >= 0.3 is 5.97 Å².